The number of hydrogen-bond acceptors (Lipinski definition) is 5. The van der Waals surface area contributed by atoms with Gasteiger partial charge in [0.05, 0.1) is 24.0 Å². The fourth-order valence-corrected chi connectivity index (χ4v) is 2.34. The van der Waals surface area contributed by atoms with E-state index in [0.29, 0.717) is 23.0 Å². The highest BCUT2D eigenvalue weighted by molar-refractivity contribution is 7.16. The summed E-state index contributed by atoms with van der Waals surface area (Å²) in [6.07, 6.45) is 0.458. The van der Waals surface area contributed by atoms with Crippen molar-refractivity contribution in [3.8, 4) is 6.07 Å². The van der Waals surface area contributed by atoms with Crippen molar-refractivity contribution in [2.24, 2.45) is 0 Å². The molecule has 1 rings (SSSR count). The van der Waals surface area contributed by atoms with Crippen molar-refractivity contribution in [1.29, 1.82) is 5.26 Å². The molecule has 0 atom stereocenters. The van der Waals surface area contributed by atoms with E-state index < -0.39 is 0 Å². The standard InChI is InChI=1S/C9H12ClN3OS/c1-2-13(5-3-4-11)9-12-8(10)7(6-14)15-9/h14H,2-3,5-6H2,1H3. The van der Waals surface area contributed by atoms with E-state index in [1.54, 1.807) is 0 Å². The largest absolute Gasteiger partial charge is 0.391 e. The Bertz CT molecular complexity index is 361. The maximum absolute atomic E-state index is 8.98. The average Bonchev–Trinajstić information content (AvgIpc) is 2.61. The molecule has 0 saturated heterocycles. The third kappa shape index (κ3) is 3.06. The summed E-state index contributed by atoms with van der Waals surface area (Å²) in [6, 6.07) is 2.09. The highest BCUT2D eigenvalue weighted by Gasteiger charge is 2.13. The fraction of sp³-hybridized carbons (Fsp3) is 0.556. The summed E-state index contributed by atoms with van der Waals surface area (Å²) >= 11 is 7.19. The van der Waals surface area contributed by atoms with Crippen LogP contribution in [0.1, 0.15) is 18.2 Å². The van der Waals surface area contributed by atoms with E-state index in [0.717, 1.165) is 11.7 Å². The van der Waals surface area contributed by atoms with Gasteiger partial charge in [0.1, 0.15) is 5.15 Å². The van der Waals surface area contributed by atoms with Gasteiger partial charge in [-0.15, -0.1) is 0 Å². The van der Waals surface area contributed by atoms with E-state index in [1.807, 2.05) is 11.8 Å². The molecule has 1 heterocycles. The second-order valence-corrected chi connectivity index (χ2v) is 4.28. The van der Waals surface area contributed by atoms with Crippen LogP contribution in [0.25, 0.3) is 0 Å². The molecule has 0 saturated carbocycles. The van der Waals surface area contributed by atoms with Crippen molar-refractivity contribution in [2.75, 3.05) is 18.0 Å². The maximum atomic E-state index is 8.98. The number of nitrogens with zero attached hydrogens (tertiary/aromatic N) is 3. The van der Waals surface area contributed by atoms with Gasteiger partial charge in [-0.05, 0) is 6.92 Å². The van der Waals surface area contributed by atoms with Gasteiger partial charge in [-0.3, -0.25) is 0 Å². The molecule has 1 N–H and O–H groups in total. The summed E-state index contributed by atoms with van der Waals surface area (Å²) in [5.74, 6) is 0. The van der Waals surface area contributed by atoms with Crippen LogP contribution in [0.15, 0.2) is 0 Å². The van der Waals surface area contributed by atoms with Crippen molar-refractivity contribution in [2.45, 2.75) is 20.0 Å². The number of aliphatic hydroxyl groups excluding tert-OH is 1. The maximum Gasteiger partial charge on any atom is 0.187 e. The molecule has 0 unspecified atom stereocenters. The summed E-state index contributed by atoms with van der Waals surface area (Å²) < 4.78 is 0. The van der Waals surface area contributed by atoms with E-state index >= 15 is 0 Å². The van der Waals surface area contributed by atoms with Gasteiger partial charge in [0.2, 0.25) is 0 Å². The lowest BCUT2D eigenvalue weighted by Crippen LogP contribution is -2.23. The lowest BCUT2D eigenvalue weighted by atomic mass is 10.4. The highest BCUT2D eigenvalue weighted by Crippen LogP contribution is 2.29. The molecule has 0 aliphatic heterocycles. The fourth-order valence-electron chi connectivity index (χ4n) is 1.13. The van der Waals surface area contributed by atoms with Crippen molar-refractivity contribution >= 4 is 28.1 Å². The predicted octanol–water partition coefficient (Wildman–Crippen LogP) is 2.03. The Morgan fingerprint density at radius 3 is 2.87 bits per heavy atom. The number of thiazole rings is 1. The second-order valence-electron chi connectivity index (χ2n) is 2.86. The van der Waals surface area contributed by atoms with Gasteiger partial charge in [0.25, 0.3) is 0 Å². The normalized spacial score (nSPS) is 10.0. The molecule has 0 spiro atoms. The van der Waals surface area contributed by atoms with Gasteiger partial charge >= 0.3 is 0 Å². The SMILES string of the molecule is CCN(CCC#N)c1nc(Cl)c(CO)s1. The number of halogens is 1. The molecule has 1 aromatic rings. The third-order valence-corrected chi connectivity index (χ3v) is 3.45. The van der Waals surface area contributed by atoms with Gasteiger partial charge in [-0.2, -0.15) is 5.26 Å². The van der Waals surface area contributed by atoms with Crippen LogP contribution in [0, 0.1) is 11.3 Å². The molecule has 15 heavy (non-hydrogen) atoms. The molecular formula is C9H12ClN3OS. The Morgan fingerprint density at radius 1 is 1.67 bits per heavy atom. The van der Waals surface area contributed by atoms with E-state index in [2.05, 4.69) is 11.1 Å². The Balaban J connectivity index is 2.78. The van der Waals surface area contributed by atoms with E-state index in [1.165, 1.54) is 11.3 Å². The van der Waals surface area contributed by atoms with Crippen LogP contribution in [-0.2, 0) is 6.61 Å². The smallest absolute Gasteiger partial charge is 0.187 e. The average molecular weight is 246 g/mol. The first kappa shape index (κ1) is 12.2. The Kier molecular flexibility index (Phi) is 4.82. The molecule has 4 nitrogen and oxygen atoms in total. The Hall–Kier alpha value is -0.830. The minimum absolute atomic E-state index is 0.0910. The molecule has 0 bridgehead atoms. The van der Waals surface area contributed by atoms with Crippen molar-refractivity contribution in [3.63, 3.8) is 0 Å². The molecule has 82 valence electrons. The lowest BCUT2D eigenvalue weighted by Gasteiger charge is -2.17. The van der Waals surface area contributed by atoms with Crippen LogP contribution in [0.3, 0.4) is 0 Å². The van der Waals surface area contributed by atoms with Crippen LogP contribution >= 0.6 is 22.9 Å². The molecule has 0 amide bonds. The summed E-state index contributed by atoms with van der Waals surface area (Å²) in [5.41, 5.74) is 0. The second kappa shape index (κ2) is 5.91. The van der Waals surface area contributed by atoms with Crippen molar-refractivity contribution in [3.05, 3.63) is 10.0 Å². The van der Waals surface area contributed by atoms with Crippen LogP contribution in [0.4, 0.5) is 5.13 Å². The van der Waals surface area contributed by atoms with Gasteiger partial charge in [-0.25, -0.2) is 4.98 Å². The summed E-state index contributed by atoms with van der Waals surface area (Å²) in [5, 5.41) is 18.6. The molecule has 0 radical (unpaired) electrons. The first-order valence-electron chi connectivity index (χ1n) is 4.60. The van der Waals surface area contributed by atoms with E-state index in [-0.39, 0.29) is 6.61 Å². The zero-order valence-electron chi connectivity index (χ0n) is 8.40. The zero-order chi connectivity index (χ0) is 11.3. The molecule has 0 aromatic carbocycles. The molecule has 0 aliphatic rings. The van der Waals surface area contributed by atoms with Gasteiger partial charge < -0.3 is 10.0 Å². The predicted molar refractivity (Wildman–Crippen MR) is 61.2 cm³/mol. The number of rotatable bonds is 5. The van der Waals surface area contributed by atoms with Gasteiger partial charge in [-0.1, -0.05) is 22.9 Å². The summed E-state index contributed by atoms with van der Waals surface area (Å²) in [6.45, 7) is 3.32. The highest BCUT2D eigenvalue weighted by atomic mass is 35.5. The van der Waals surface area contributed by atoms with Gasteiger partial charge in [0.15, 0.2) is 5.13 Å². The number of nitriles is 1. The molecule has 0 aliphatic carbocycles. The summed E-state index contributed by atoms with van der Waals surface area (Å²) in [7, 11) is 0. The number of hydrogen-bond donors (Lipinski definition) is 1. The van der Waals surface area contributed by atoms with E-state index in [9.17, 15) is 0 Å². The van der Waals surface area contributed by atoms with Crippen LogP contribution in [-0.4, -0.2) is 23.2 Å². The van der Waals surface area contributed by atoms with E-state index in [4.69, 9.17) is 22.0 Å². The Morgan fingerprint density at radius 2 is 2.40 bits per heavy atom. The Labute approximate surface area is 97.7 Å². The minimum Gasteiger partial charge on any atom is -0.391 e. The van der Waals surface area contributed by atoms with Crippen LogP contribution in [0.5, 0.6) is 0 Å². The third-order valence-electron chi connectivity index (χ3n) is 1.93. The van der Waals surface area contributed by atoms with Gasteiger partial charge in [0, 0.05) is 13.1 Å². The quantitative estimate of drug-likeness (QED) is 0.862. The van der Waals surface area contributed by atoms with Crippen LogP contribution < -0.4 is 4.90 Å². The monoisotopic (exact) mass is 245 g/mol. The lowest BCUT2D eigenvalue weighted by molar-refractivity contribution is 0.285. The number of aromatic nitrogens is 1. The van der Waals surface area contributed by atoms with Crippen molar-refractivity contribution < 1.29 is 5.11 Å². The van der Waals surface area contributed by atoms with Crippen LogP contribution in [0.2, 0.25) is 5.15 Å². The number of aliphatic hydroxyl groups is 1. The van der Waals surface area contributed by atoms with Crippen molar-refractivity contribution in [1.82, 2.24) is 4.98 Å². The topological polar surface area (TPSA) is 60.2 Å². The molecule has 6 heteroatoms. The number of anilines is 1. The molecular weight excluding hydrogens is 234 g/mol. The molecule has 1 aromatic heterocycles. The first-order valence-corrected chi connectivity index (χ1v) is 5.80. The zero-order valence-corrected chi connectivity index (χ0v) is 9.98. The first-order chi connectivity index (χ1) is 7.22. The molecule has 0 fully saturated rings. The minimum atomic E-state index is -0.0910. The summed E-state index contributed by atoms with van der Waals surface area (Å²) in [4.78, 5) is 6.79.